The van der Waals surface area contributed by atoms with Crippen molar-refractivity contribution >= 4 is 10.2 Å². The van der Waals surface area contributed by atoms with Crippen molar-refractivity contribution in [1.82, 2.24) is 13.5 Å². The molecule has 21 heavy (non-hydrogen) atoms. The van der Waals surface area contributed by atoms with Crippen LogP contribution in [0.15, 0.2) is 0 Å². The molecule has 0 aromatic carbocycles. The lowest BCUT2D eigenvalue weighted by Gasteiger charge is -2.44. The van der Waals surface area contributed by atoms with Gasteiger partial charge in [0.2, 0.25) is 0 Å². The zero-order valence-electron chi connectivity index (χ0n) is 13.5. The van der Waals surface area contributed by atoms with Gasteiger partial charge < -0.3 is 0 Å². The van der Waals surface area contributed by atoms with E-state index in [0.29, 0.717) is 18.5 Å². The van der Waals surface area contributed by atoms with Crippen molar-refractivity contribution in [3.8, 4) is 0 Å². The van der Waals surface area contributed by atoms with Crippen LogP contribution in [0.4, 0.5) is 0 Å². The number of hydrogen-bond acceptors (Lipinski definition) is 3. The highest BCUT2D eigenvalue weighted by molar-refractivity contribution is 7.86. The molecule has 0 spiro atoms. The minimum absolute atomic E-state index is 0.133. The van der Waals surface area contributed by atoms with Crippen LogP contribution in [-0.4, -0.2) is 66.7 Å². The predicted octanol–water partition coefficient (Wildman–Crippen LogP) is 1.52. The first-order valence-electron chi connectivity index (χ1n) is 8.44. The van der Waals surface area contributed by atoms with Gasteiger partial charge in [-0.15, -0.1) is 0 Å². The Morgan fingerprint density at radius 3 is 2.57 bits per heavy atom. The van der Waals surface area contributed by atoms with Crippen LogP contribution in [0.2, 0.25) is 0 Å². The maximum absolute atomic E-state index is 13.1. The summed E-state index contributed by atoms with van der Waals surface area (Å²) in [5, 5.41) is 0. The van der Waals surface area contributed by atoms with Crippen LogP contribution in [0, 0.1) is 5.92 Å². The Hall–Kier alpha value is -0.170. The fraction of sp³-hybridized carbons (Fsp3) is 1.00. The smallest absolute Gasteiger partial charge is 0.282 e. The summed E-state index contributed by atoms with van der Waals surface area (Å²) >= 11 is 0. The molecule has 3 rings (SSSR count). The van der Waals surface area contributed by atoms with Crippen LogP contribution < -0.4 is 0 Å². The van der Waals surface area contributed by atoms with Crippen LogP contribution in [0.25, 0.3) is 0 Å². The highest BCUT2D eigenvalue weighted by Gasteiger charge is 2.44. The molecular weight excluding hydrogens is 286 g/mol. The molecule has 1 saturated carbocycles. The van der Waals surface area contributed by atoms with Gasteiger partial charge in [0.05, 0.1) is 0 Å². The van der Waals surface area contributed by atoms with Crippen LogP contribution >= 0.6 is 0 Å². The molecule has 6 heteroatoms. The van der Waals surface area contributed by atoms with Gasteiger partial charge in [0.1, 0.15) is 0 Å². The van der Waals surface area contributed by atoms with E-state index in [1.165, 1.54) is 19.3 Å². The fourth-order valence-electron chi connectivity index (χ4n) is 3.93. The van der Waals surface area contributed by atoms with Gasteiger partial charge in [-0.3, -0.25) is 4.90 Å². The molecular formula is C15H29N3O2S. The number of rotatable bonds is 5. The fourth-order valence-corrected chi connectivity index (χ4v) is 5.80. The molecule has 2 heterocycles. The minimum Gasteiger partial charge on any atom is -0.297 e. The van der Waals surface area contributed by atoms with Gasteiger partial charge in [-0.25, -0.2) is 0 Å². The van der Waals surface area contributed by atoms with Gasteiger partial charge in [0.25, 0.3) is 10.2 Å². The summed E-state index contributed by atoms with van der Waals surface area (Å²) in [4.78, 5) is 2.49. The second-order valence-electron chi connectivity index (χ2n) is 7.02. The van der Waals surface area contributed by atoms with Crippen LogP contribution in [0.1, 0.15) is 46.0 Å². The summed E-state index contributed by atoms with van der Waals surface area (Å²) in [6.45, 7) is 6.90. The monoisotopic (exact) mass is 315 g/mol. The van der Waals surface area contributed by atoms with E-state index in [1.54, 1.807) is 15.7 Å². The highest BCUT2D eigenvalue weighted by atomic mass is 32.2. The average molecular weight is 315 g/mol. The summed E-state index contributed by atoms with van der Waals surface area (Å²) in [6, 6.07) is 0.708. The van der Waals surface area contributed by atoms with Gasteiger partial charge in [0.15, 0.2) is 0 Å². The van der Waals surface area contributed by atoms with Crippen molar-refractivity contribution in [2.75, 3.05) is 26.7 Å². The number of hydrogen-bond donors (Lipinski definition) is 0. The number of piperazine rings is 1. The molecule has 0 aromatic heterocycles. The third-order valence-corrected chi connectivity index (χ3v) is 7.85. The topological polar surface area (TPSA) is 43.9 Å². The molecule has 0 radical (unpaired) electrons. The molecule has 2 aliphatic heterocycles. The van der Waals surface area contributed by atoms with Gasteiger partial charge in [-0.1, -0.05) is 6.92 Å². The molecule has 5 nitrogen and oxygen atoms in total. The number of nitrogens with zero attached hydrogens (tertiary/aromatic N) is 3. The number of fused-ring (bicyclic) bond motifs is 1. The Bertz CT molecular complexity index is 477. The quantitative estimate of drug-likeness (QED) is 0.772. The highest BCUT2D eigenvalue weighted by Crippen LogP contribution is 2.37. The maximum atomic E-state index is 13.1. The van der Waals surface area contributed by atoms with Crippen molar-refractivity contribution in [3.05, 3.63) is 0 Å². The molecule has 3 fully saturated rings. The maximum Gasteiger partial charge on any atom is 0.282 e. The van der Waals surface area contributed by atoms with E-state index >= 15 is 0 Å². The van der Waals surface area contributed by atoms with Gasteiger partial charge in [0, 0.05) is 38.3 Å². The predicted molar refractivity (Wildman–Crippen MR) is 84.2 cm³/mol. The molecule has 0 bridgehead atoms. The van der Waals surface area contributed by atoms with Crippen molar-refractivity contribution in [1.29, 1.82) is 0 Å². The molecule has 0 unspecified atom stereocenters. The van der Waals surface area contributed by atoms with E-state index in [4.69, 9.17) is 0 Å². The first kappa shape index (κ1) is 15.7. The largest absolute Gasteiger partial charge is 0.297 e. The lowest BCUT2D eigenvalue weighted by Crippen LogP contribution is -2.60. The third kappa shape index (κ3) is 2.87. The molecule has 2 saturated heterocycles. The lowest BCUT2D eigenvalue weighted by molar-refractivity contribution is 0.100. The Morgan fingerprint density at radius 2 is 1.95 bits per heavy atom. The van der Waals surface area contributed by atoms with Crippen molar-refractivity contribution < 1.29 is 8.42 Å². The normalized spacial score (nSPS) is 33.3. The van der Waals surface area contributed by atoms with E-state index in [1.807, 2.05) is 0 Å². The first-order valence-corrected chi connectivity index (χ1v) is 9.83. The Kier molecular flexibility index (Phi) is 4.34. The standard InChI is InChI=1S/C15H29N3O2S/c1-4-14-10-17-9-5-6-15(17)11-18(14)21(19,20)16(3)12(2)13-7-8-13/h12-15H,4-11H2,1-3H3/t12-,14+,15-/m0/s1. The Morgan fingerprint density at radius 1 is 1.24 bits per heavy atom. The molecule has 3 aliphatic rings. The van der Waals surface area contributed by atoms with Gasteiger partial charge in [-0.05, 0) is 51.5 Å². The van der Waals surface area contributed by atoms with E-state index in [-0.39, 0.29) is 12.1 Å². The SMILES string of the molecule is CC[C@@H]1CN2CCC[C@H]2CN1S(=O)(=O)N(C)[C@@H](C)C1CC1. The summed E-state index contributed by atoms with van der Waals surface area (Å²) in [5.41, 5.74) is 0. The molecule has 1 aliphatic carbocycles. The summed E-state index contributed by atoms with van der Waals surface area (Å²) in [7, 11) is -1.56. The Labute approximate surface area is 129 Å². The van der Waals surface area contributed by atoms with E-state index in [0.717, 1.165) is 25.9 Å². The van der Waals surface area contributed by atoms with Crippen LogP contribution in [-0.2, 0) is 10.2 Å². The summed E-state index contributed by atoms with van der Waals surface area (Å²) in [6.07, 6.45) is 5.60. The van der Waals surface area contributed by atoms with E-state index < -0.39 is 10.2 Å². The van der Waals surface area contributed by atoms with Gasteiger partial charge >= 0.3 is 0 Å². The molecule has 122 valence electrons. The summed E-state index contributed by atoms with van der Waals surface area (Å²) in [5.74, 6) is 0.567. The second-order valence-corrected chi connectivity index (χ2v) is 8.97. The van der Waals surface area contributed by atoms with Crippen LogP contribution in [0.3, 0.4) is 0 Å². The van der Waals surface area contributed by atoms with Crippen LogP contribution in [0.5, 0.6) is 0 Å². The molecule has 0 aromatic rings. The Balaban J connectivity index is 1.78. The average Bonchev–Trinajstić information content (AvgIpc) is 3.22. The first-order chi connectivity index (χ1) is 9.95. The van der Waals surface area contributed by atoms with Crippen molar-refractivity contribution in [3.63, 3.8) is 0 Å². The van der Waals surface area contributed by atoms with Gasteiger partial charge in [-0.2, -0.15) is 17.0 Å². The second kappa shape index (κ2) is 5.80. The minimum atomic E-state index is -3.33. The van der Waals surface area contributed by atoms with E-state index in [2.05, 4.69) is 18.7 Å². The molecule has 3 atom stereocenters. The summed E-state index contributed by atoms with van der Waals surface area (Å²) < 4.78 is 29.5. The zero-order valence-corrected chi connectivity index (χ0v) is 14.3. The van der Waals surface area contributed by atoms with Crippen molar-refractivity contribution in [2.24, 2.45) is 5.92 Å². The van der Waals surface area contributed by atoms with Crippen molar-refractivity contribution in [2.45, 2.75) is 64.1 Å². The lowest BCUT2D eigenvalue weighted by atomic mass is 10.1. The third-order valence-electron chi connectivity index (χ3n) is 5.75. The molecule has 0 amide bonds. The zero-order chi connectivity index (χ0) is 15.2. The molecule has 0 N–H and O–H groups in total. The van der Waals surface area contributed by atoms with E-state index in [9.17, 15) is 8.42 Å².